The highest BCUT2D eigenvalue weighted by atomic mass is 16.5. The van der Waals surface area contributed by atoms with Gasteiger partial charge in [0.1, 0.15) is 11.4 Å². The minimum atomic E-state index is 0.610. The van der Waals surface area contributed by atoms with E-state index >= 15 is 0 Å². The molecule has 20 heavy (non-hydrogen) atoms. The fraction of sp³-hybridized carbons (Fsp3) is 0.200. The fourth-order valence-electron chi connectivity index (χ4n) is 1.71. The molecule has 2 rings (SSSR count). The van der Waals surface area contributed by atoms with Crippen molar-refractivity contribution < 1.29 is 4.74 Å². The predicted octanol–water partition coefficient (Wildman–Crippen LogP) is 3.76. The van der Waals surface area contributed by atoms with E-state index in [0.717, 1.165) is 11.4 Å². The van der Waals surface area contributed by atoms with E-state index in [0.29, 0.717) is 17.1 Å². The maximum Gasteiger partial charge on any atom is 0.148 e. The molecule has 0 radical (unpaired) electrons. The molecule has 0 atom stereocenters. The van der Waals surface area contributed by atoms with Crippen molar-refractivity contribution in [3.63, 3.8) is 0 Å². The van der Waals surface area contributed by atoms with E-state index in [1.807, 2.05) is 43.3 Å². The second kappa shape index (κ2) is 6.06. The maximum absolute atomic E-state index is 5.70. The van der Waals surface area contributed by atoms with Gasteiger partial charge in [0.2, 0.25) is 0 Å². The summed E-state index contributed by atoms with van der Waals surface area (Å²) in [6, 6.07) is 13.1. The zero-order valence-electron chi connectivity index (χ0n) is 11.9. The number of nitrogens with two attached hydrogens (primary N) is 1. The van der Waals surface area contributed by atoms with Crippen LogP contribution in [0.25, 0.3) is 0 Å². The van der Waals surface area contributed by atoms with Gasteiger partial charge in [0.05, 0.1) is 12.8 Å². The van der Waals surface area contributed by atoms with Gasteiger partial charge in [-0.2, -0.15) is 5.11 Å². The number of ether oxygens (including phenoxy) is 1. The van der Waals surface area contributed by atoms with E-state index in [4.69, 9.17) is 10.5 Å². The van der Waals surface area contributed by atoms with E-state index in [1.165, 1.54) is 0 Å². The first-order chi connectivity index (χ1) is 9.60. The molecule has 0 aliphatic rings. The second-order valence-electron chi connectivity index (χ2n) is 4.54. The van der Waals surface area contributed by atoms with Gasteiger partial charge in [-0.3, -0.25) is 0 Å². The highest BCUT2D eigenvalue weighted by Crippen LogP contribution is 2.31. The molecule has 0 aromatic heterocycles. The highest BCUT2D eigenvalue weighted by molar-refractivity contribution is 5.59. The van der Waals surface area contributed by atoms with Crippen molar-refractivity contribution in [2.24, 2.45) is 10.2 Å². The number of anilines is 2. The van der Waals surface area contributed by atoms with E-state index < -0.39 is 0 Å². The van der Waals surface area contributed by atoms with Gasteiger partial charge in [-0.25, -0.2) is 0 Å². The molecule has 0 fully saturated rings. The normalized spacial score (nSPS) is 10.8. The second-order valence-corrected chi connectivity index (χ2v) is 4.54. The number of hydrogen-bond donors (Lipinski definition) is 1. The van der Waals surface area contributed by atoms with E-state index in [-0.39, 0.29) is 0 Å². The zero-order valence-corrected chi connectivity index (χ0v) is 11.9. The minimum Gasteiger partial charge on any atom is -0.494 e. The van der Waals surface area contributed by atoms with Crippen LogP contribution in [0, 0.1) is 0 Å². The van der Waals surface area contributed by atoms with Crippen LogP contribution in [0.15, 0.2) is 52.7 Å². The Morgan fingerprint density at radius 2 is 1.70 bits per heavy atom. The van der Waals surface area contributed by atoms with Crippen LogP contribution in [0.3, 0.4) is 0 Å². The largest absolute Gasteiger partial charge is 0.494 e. The molecule has 0 aliphatic carbocycles. The molecular weight excluding hydrogens is 252 g/mol. The monoisotopic (exact) mass is 270 g/mol. The number of azo groups is 1. The van der Waals surface area contributed by atoms with Crippen molar-refractivity contribution in [1.29, 1.82) is 0 Å². The van der Waals surface area contributed by atoms with Gasteiger partial charge in [-0.1, -0.05) is 0 Å². The molecule has 2 aromatic rings. The summed E-state index contributed by atoms with van der Waals surface area (Å²) < 4.78 is 5.22. The predicted molar refractivity (Wildman–Crippen MR) is 82.4 cm³/mol. The molecule has 5 heteroatoms. The third kappa shape index (κ3) is 3.26. The lowest BCUT2D eigenvalue weighted by molar-refractivity contribution is 0.416. The Bertz CT molecular complexity index is 606. The molecule has 0 heterocycles. The van der Waals surface area contributed by atoms with E-state index in [1.54, 1.807) is 25.3 Å². The topological polar surface area (TPSA) is 63.2 Å². The summed E-state index contributed by atoms with van der Waals surface area (Å²) in [5, 5.41) is 8.39. The first-order valence-corrected chi connectivity index (χ1v) is 6.23. The van der Waals surface area contributed by atoms with E-state index in [9.17, 15) is 0 Å². The molecular formula is C15H18N4O. The minimum absolute atomic E-state index is 0.610. The first-order valence-electron chi connectivity index (χ1n) is 6.23. The Morgan fingerprint density at radius 3 is 2.30 bits per heavy atom. The van der Waals surface area contributed by atoms with Crippen molar-refractivity contribution in [2.45, 2.75) is 0 Å². The molecule has 0 amide bonds. The summed E-state index contributed by atoms with van der Waals surface area (Å²) >= 11 is 0. The number of benzene rings is 2. The standard InChI is InChI=1S/C15H18N4O/c1-19(2)13-7-5-12(6-8-13)17-18-14-9-4-11(16)10-15(14)20-3/h4-10H,16H2,1-3H3/b18-17+. The molecule has 0 spiro atoms. The molecule has 2 aromatic carbocycles. The molecule has 5 nitrogen and oxygen atoms in total. The number of rotatable bonds is 4. The third-order valence-electron chi connectivity index (χ3n) is 2.84. The summed E-state index contributed by atoms with van der Waals surface area (Å²) in [6.45, 7) is 0. The Labute approximate surface area is 118 Å². The summed E-state index contributed by atoms with van der Waals surface area (Å²) in [4.78, 5) is 2.03. The lowest BCUT2D eigenvalue weighted by Crippen LogP contribution is -2.07. The van der Waals surface area contributed by atoms with Gasteiger partial charge < -0.3 is 15.4 Å². The first kappa shape index (κ1) is 13.9. The number of nitrogens with zero attached hydrogens (tertiary/aromatic N) is 3. The van der Waals surface area contributed by atoms with Crippen molar-refractivity contribution in [2.75, 3.05) is 31.8 Å². The van der Waals surface area contributed by atoms with Crippen LogP contribution in [-0.4, -0.2) is 21.2 Å². The summed E-state index contributed by atoms with van der Waals surface area (Å²) in [5.74, 6) is 0.610. The van der Waals surface area contributed by atoms with Gasteiger partial charge in [0.15, 0.2) is 0 Å². The highest BCUT2D eigenvalue weighted by Gasteiger charge is 2.02. The fourth-order valence-corrected chi connectivity index (χ4v) is 1.71. The summed E-state index contributed by atoms with van der Waals surface area (Å²) in [7, 11) is 5.57. The van der Waals surface area contributed by atoms with Crippen LogP contribution >= 0.6 is 0 Å². The molecule has 0 unspecified atom stereocenters. The van der Waals surface area contributed by atoms with E-state index in [2.05, 4.69) is 10.2 Å². The maximum atomic E-state index is 5.70. The zero-order chi connectivity index (χ0) is 14.5. The SMILES string of the molecule is COc1cc(N)ccc1/N=N/c1ccc(N(C)C)cc1. The lowest BCUT2D eigenvalue weighted by atomic mass is 10.2. The molecule has 2 N–H and O–H groups in total. The van der Waals surface area contributed by atoms with Crippen molar-refractivity contribution in [3.05, 3.63) is 42.5 Å². The lowest BCUT2D eigenvalue weighted by Gasteiger charge is -2.11. The molecule has 0 bridgehead atoms. The average molecular weight is 270 g/mol. The molecule has 0 aliphatic heterocycles. The van der Waals surface area contributed by atoms with Crippen molar-refractivity contribution >= 4 is 22.7 Å². The van der Waals surface area contributed by atoms with Gasteiger partial charge in [0, 0.05) is 31.5 Å². The van der Waals surface area contributed by atoms with Crippen LogP contribution in [-0.2, 0) is 0 Å². The average Bonchev–Trinajstić information content (AvgIpc) is 2.46. The Kier molecular flexibility index (Phi) is 4.20. The third-order valence-corrected chi connectivity index (χ3v) is 2.84. The van der Waals surface area contributed by atoms with Crippen LogP contribution in [0.4, 0.5) is 22.7 Å². The van der Waals surface area contributed by atoms with Crippen LogP contribution in [0.5, 0.6) is 5.75 Å². The van der Waals surface area contributed by atoms with Crippen LogP contribution < -0.4 is 15.4 Å². The number of methoxy groups -OCH3 is 1. The number of nitrogen functional groups attached to an aromatic ring is 1. The van der Waals surface area contributed by atoms with Gasteiger partial charge in [-0.05, 0) is 36.4 Å². The quantitative estimate of drug-likeness (QED) is 0.679. The van der Waals surface area contributed by atoms with Crippen molar-refractivity contribution in [3.8, 4) is 5.75 Å². The van der Waals surface area contributed by atoms with Gasteiger partial charge in [-0.15, -0.1) is 5.11 Å². The Balaban J connectivity index is 2.20. The summed E-state index contributed by atoms with van der Waals surface area (Å²) in [6.07, 6.45) is 0. The summed E-state index contributed by atoms with van der Waals surface area (Å²) in [5.41, 5.74) is 8.89. The van der Waals surface area contributed by atoms with Gasteiger partial charge in [0.25, 0.3) is 0 Å². The van der Waals surface area contributed by atoms with Crippen LogP contribution in [0.1, 0.15) is 0 Å². The Hall–Kier alpha value is -2.56. The molecule has 0 saturated heterocycles. The molecule has 0 saturated carbocycles. The van der Waals surface area contributed by atoms with Crippen LogP contribution in [0.2, 0.25) is 0 Å². The smallest absolute Gasteiger partial charge is 0.148 e. The van der Waals surface area contributed by atoms with Gasteiger partial charge >= 0.3 is 0 Å². The Morgan fingerprint density at radius 1 is 1.00 bits per heavy atom. The number of hydrogen-bond acceptors (Lipinski definition) is 5. The van der Waals surface area contributed by atoms with Crippen molar-refractivity contribution in [1.82, 2.24) is 0 Å². The molecule has 104 valence electrons.